The van der Waals surface area contributed by atoms with Crippen LogP contribution in [-0.2, 0) is 0 Å². The Bertz CT molecular complexity index is 202. The van der Waals surface area contributed by atoms with Crippen molar-refractivity contribution >= 4 is 0 Å². The van der Waals surface area contributed by atoms with E-state index in [1.54, 1.807) is 0 Å². The summed E-state index contributed by atoms with van der Waals surface area (Å²) >= 11 is 0. The molecule has 3 atom stereocenters. The predicted octanol–water partition coefficient (Wildman–Crippen LogP) is -0.737. The highest BCUT2D eigenvalue weighted by molar-refractivity contribution is 5.31. The second kappa shape index (κ2) is 1.49. The second-order valence-electron chi connectivity index (χ2n) is 4.37. The number of rotatable bonds is 0. The fraction of sp³-hybridized carbons (Fsp3) is 1.00. The lowest BCUT2D eigenvalue weighted by atomic mass is 9.56. The average Bonchev–Trinajstić information content (AvgIpc) is 1.99. The van der Waals surface area contributed by atoms with Crippen molar-refractivity contribution in [2.24, 2.45) is 11.5 Å². The van der Waals surface area contributed by atoms with Gasteiger partial charge in [-0.2, -0.15) is 0 Å². The van der Waals surface area contributed by atoms with Crippen molar-refractivity contribution in [3.8, 4) is 0 Å². The van der Waals surface area contributed by atoms with E-state index < -0.39 is 0 Å². The normalized spacial score (nSPS) is 61.1. The van der Waals surface area contributed by atoms with Crippen molar-refractivity contribution in [3.05, 3.63) is 0 Å². The Balaban J connectivity index is 2.03. The Morgan fingerprint density at radius 2 is 2.09 bits per heavy atom. The molecule has 0 radical (unpaired) electrons. The van der Waals surface area contributed by atoms with Crippen LogP contribution >= 0.6 is 0 Å². The molecule has 2 saturated heterocycles. The molecule has 0 aromatic carbocycles. The van der Waals surface area contributed by atoms with Gasteiger partial charge >= 0.3 is 0 Å². The summed E-state index contributed by atoms with van der Waals surface area (Å²) in [6, 6.07) is 0.235. The lowest BCUT2D eigenvalue weighted by molar-refractivity contribution is -0.0828. The minimum Gasteiger partial charge on any atom is -0.325 e. The van der Waals surface area contributed by atoms with Gasteiger partial charge in [-0.15, -0.1) is 0 Å². The van der Waals surface area contributed by atoms with E-state index in [-0.39, 0.29) is 11.6 Å². The Morgan fingerprint density at radius 3 is 2.36 bits per heavy atom. The van der Waals surface area contributed by atoms with Crippen LogP contribution in [-0.4, -0.2) is 35.1 Å². The van der Waals surface area contributed by atoms with Crippen LogP contribution in [0, 0.1) is 0 Å². The van der Waals surface area contributed by atoms with Gasteiger partial charge in [-0.25, -0.2) is 0 Å². The number of nitrogens with zero attached hydrogens (tertiary/aromatic N) is 1. The minimum absolute atomic E-state index is 0.00868. The third-order valence-corrected chi connectivity index (χ3v) is 4.30. The van der Waals surface area contributed by atoms with Gasteiger partial charge in [0.25, 0.3) is 0 Å². The topological polar surface area (TPSA) is 55.3 Å². The molecule has 3 aliphatic rings. The lowest BCUT2D eigenvalue weighted by Gasteiger charge is -2.63. The Kier molecular flexibility index (Phi) is 0.866. The fourth-order valence-corrected chi connectivity index (χ4v) is 3.25. The highest BCUT2D eigenvalue weighted by Crippen LogP contribution is 2.57. The average molecular weight is 153 g/mol. The summed E-state index contributed by atoms with van der Waals surface area (Å²) in [6.45, 7) is 2.27. The summed E-state index contributed by atoms with van der Waals surface area (Å²) in [6.07, 6.45) is 3.72. The van der Waals surface area contributed by atoms with Gasteiger partial charge in [-0.1, -0.05) is 0 Å². The molecule has 1 saturated carbocycles. The molecule has 2 heterocycles. The quantitative estimate of drug-likeness (QED) is 0.482. The standard InChI is InChI=1S/C8H15N3/c9-6-5-11-4-3-7(11)1-2-8(6,7)10/h6H,1-5,9-10H2/t6-,7?,8-/m0/s1. The molecule has 1 unspecified atom stereocenters. The predicted molar refractivity (Wildman–Crippen MR) is 43.0 cm³/mol. The molecule has 0 aromatic rings. The highest BCUT2D eigenvalue weighted by atomic mass is 15.4. The van der Waals surface area contributed by atoms with E-state index in [9.17, 15) is 0 Å². The van der Waals surface area contributed by atoms with Crippen molar-refractivity contribution in [2.45, 2.75) is 36.4 Å². The largest absolute Gasteiger partial charge is 0.325 e. The van der Waals surface area contributed by atoms with Crippen LogP contribution in [0.15, 0.2) is 0 Å². The van der Waals surface area contributed by atoms with Gasteiger partial charge in [-0.05, 0) is 19.3 Å². The van der Waals surface area contributed by atoms with Gasteiger partial charge in [0.05, 0.1) is 5.54 Å². The molecule has 62 valence electrons. The minimum atomic E-state index is -0.00868. The summed E-state index contributed by atoms with van der Waals surface area (Å²) < 4.78 is 0. The Morgan fingerprint density at radius 1 is 1.27 bits per heavy atom. The first kappa shape index (κ1) is 6.40. The van der Waals surface area contributed by atoms with Gasteiger partial charge in [0, 0.05) is 24.7 Å². The van der Waals surface area contributed by atoms with E-state index in [0.717, 1.165) is 13.0 Å². The van der Waals surface area contributed by atoms with E-state index in [2.05, 4.69) is 4.90 Å². The Hall–Kier alpha value is -0.120. The van der Waals surface area contributed by atoms with Crippen LogP contribution in [0.5, 0.6) is 0 Å². The van der Waals surface area contributed by atoms with Crippen molar-refractivity contribution < 1.29 is 0 Å². The van der Waals surface area contributed by atoms with E-state index in [1.165, 1.54) is 19.4 Å². The van der Waals surface area contributed by atoms with Gasteiger partial charge in [0.1, 0.15) is 0 Å². The van der Waals surface area contributed by atoms with Crippen LogP contribution in [0.2, 0.25) is 0 Å². The zero-order chi connectivity index (χ0) is 7.69. The van der Waals surface area contributed by atoms with E-state index >= 15 is 0 Å². The first-order valence-electron chi connectivity index (χ1n) is 4.49. The van der Waals surface area contributed by atoms with Crippen LogP contribution in [0.25, 0.3) is 0 Å². The maximum atomic E-state index is 6.26. The van der Waals surface area contributed by atoms with Crippen LogP contribution < -0.4 is 11.5 Å². The monoisotopic (exact) mass is 153 g/mol. The zero-order valence-corrected chi connectivity index (χ0v) is 6.71. The van der Waals surface area contributed by atoms with Gasteiger partial charge in [0.2, 0.25) is 0 Å². The molecule has 0 aromatic heterocycles. The van der Waals surface area contributed by atoms with E-state index in [4.69, 9.17) is 11.5 Å². The molecular weight excluding hydrogens is 138 g/mol. The summed E-state index contributed by atoms with van der Waals surface area (Å²) in [7, 11) is 0. The summed E-state index contributed by atoms with van der Waals surface area (Å²) in [5.74, 6) is 0. The van der Waals surface area contributed by atoms with Gasteiger partial charge < -0.3 is 11.5 Å². The molecule has 0 bridgehead atoms. The number of hydrogen-bond acceptors (Lipinski definition) is 3. The van der Waals surface area contributed by atoms with Crippen LogP contribution in [0.3, 0.4) is 0 Å². The van der Waals surface area contributed by atoms with Crippen LogP contribution in [0.4, 0.5) is 0 Å². The second-order valence-corrected chi connectivity index (χ2v) is 4.37. The summed E-state index contributed by atoms with van der Waals surface area (Å²) in [5.41, 5.74) is 12.6. The van der Waals surface area contributed by atoms with Crippen molar-refractivity contribution in [1.82, 2.24) is 4.90 Å². The highest BCUT2D eigenvalue weighted by Gasteiger charge is 2.70. The molecular formula is C8H15N3. The van der Waals surface area contributed by atoms with Crippen LogP contribution in [0.1, 0.15) is 19.3 Å². The van der Waals surface area contributed by atoms with E-state index in [0.29, 0.717) is 5.54 Å². The molecule has 2 aliphatic heterocycles. The molecule has 3 nitrogen and oxygen atoms in total. The molecule has 1 aliphatic carbocycles. The maximum Gasteiger partial charge on any atom is 0.0508 e. The lowest BCUT2D eigenvalue weighted by Crippen LogP contribution is -2.78. The smallest absolute Gasteiger partial charge is 0.0508 e. The fourth-order valence-electron chi connectivity index (χ4n) is 3.25. The number of nitrogens with two attached hydrogens (primary N) is 2. The molecule has 4 N–H and O–H groups in total. The SMILES string of the molecule is N[C@H]1CN2CCC23CC[C@]13N. The molecule has 3 heteroatoms. The van der Waals surface area contributed by atoms with E-state index in [1.807, 2.05) is 0 Å². The molecule has 3 fully saturated rings. The summed E-state index contributed by atoms with van der Waals surface area (Å²) in [4.78, 5) is 2.49. The number of hydrogen-bond donors (Lipinski definition) is 2. The first-order chi connectivity index (χ1) is 5.19. The van der Waals surface area contributed by atoms with Gasteiger partial charge in [-0.3, -0.25) is 4.90 Å². The van der Waals surface area contributed by atoms with Crippen molar-refractivity contribution in [1.29, 1.82) is 0 Å². The summed E-state index contributed by atoms with van der Waals surface area (Å²) in [5, 5.41) is 0. The molecule has 1 spiro atoms. The maximum absolute atomic E-state index is 6.26. The third kappa shape index (κ3) is 0.428. The molecule has 0 amide bonds. The zero-order valence-electron chi connectivity index (χ0n) is 6.71. The van der Waals surface area contributed by atoms with Crippen molar-refractivity contribution in [2.75, 3.05) is 13.1 Å². The Labute approximate surface area is 66.7 Å². The van der Waals surface area contributed by atoms with Crippen molar-refractivity contribution in [3.63, 3.8) is 0 Å². The third-order valence-electron chi connectivity index (χ3n) is 4.30. The van der Waals surface area contributed by atoms with Gasteiger partial charge in [0.15, 0.2) is 0 Å². The first-order valence-corrected chi connectivity index (χ1v) is 4.49. The molecule has 3 rings (SSSR count). The molecule has 11 heavy (non-hydrogen) atoms.